The molecule has 0 radical (unpaired) electrons. The summed E-state index contributed by atoms with van der Waals surface area (Å²) in [5.74, 6) is 0. The molecule has 3 aromatic rings. The smallest absolute Gasteiger partial charge is 0.213 e. The topological polar surface area (TPSA) is 35.6 Å². The molecule has 4 rings (SSSR count). The molecule has 1 aliphatic rings. The third-order valence-corrected chi connectivity index (χ3v) is 6.30. The SMILES string of the molecule is CSNc1cc(/C(=C/N(C)C=O)c2ccccc2C)cc2c1CCN2Cc1ccccc1. The Morgan fingerprint density at radius 3 is 2.59 bits per heavy atom. The second-order valence-electron chi connectivity index (χ2n) is 8.11. The van der Waals surface area contributed by atoms with Gasteiger partial charge in [0.15, 0.2) is 0 Å². The molecule has 0 aliphatic carbocycles. The van der Waals surface area contributed by atoms with Crippen molar-refractivity contribution in [1.29, 1.82) is 0 Å². The van der Waals surface area contributed by atoms with Crippen molar-refractivity contribution in [1.82, 2.24) is 4.90 Å². The van der Waals surface area contributed by atoms with Gasteiger partial charge in [0.05, 0.1) is 0 Å². The summed E-state index contributed by atoms with van der Waals surface area (Å²) in [6.45, 7) is 3.99. The standard InChI is InChI=1S/C27H29N3OS/c1-20-9-7-8-12-23(20)25(18-29(2)19-31)22-15-26(28-32-3)24-13-14-30(27(24)16-22)17-21-10-5-4-6-11-21/h4-12,15-16,18-19,28H,13-14,17H2,1-3H3/b25-18-. The van der Waals surface area contributed by atoms with Gasteiger partial charge in [-0.15, -0.1) is 0 Å². The quantitative estimate of drug-likeness (QED) is 0.356. The van der Waals surface area contributed by atoms with Crippen LogP contribution in [0.15, 0.2) is 72.9 Å². The summed E-state index contributed by atoms with van der Waals surface area (Å²) in [6.07, 6.45) is 5.84. The zero-order valence-corrected chi connectivity index (χ0v) is 19.7. The Kier molecular flexibility index (Phi) is 6.86. The minimum absolute atomic E-state index is 0.842. The van der Waals surface area contributed by atoms with E-state index in [4.69, 9.17) is 0 Å². The van der Waals surface area contributed by atoms with Crippen LogP contribution >= 0.6 is 11.9 Å². The van der Waals surface area contributed by atoms with E-state index in [1.165, 1.54) is 22.4 Å². The van der Waals surface area contributed by atoms with Gasteiger partial charge in [0.1, 0.15) is 0 Å². The molecule has 0 fully saturated rings. The van der Waals surface area contributed by atoms with Crippen molar-refractivity contribution in [2.24, 2.45) is 0 Å². The zero-order valence-electron chi connectivity index (χ0n) is 18.8. The molecule has 164 valence electrons. The Balaban J connectivity index is 1.83. The molecule has 5 heteroatoms. The van der Waals surface area contributed by atoms with Crippen LogP contribution in [0.5, 0.6) is 0 Å². The van der Waals surface area contributed by atoms with Crippen LogP contribution in [0.2, 0.25) is 0 Å². The molecule has 1 aliphatic heterocycles. The van der Waals surface area contributed by atoms with Crippen LogP contribution in [0.4, 0.5) is 11.4 Å². The first kappa shape index (κ1) is 22.0. The fraction of sp³-hybridized carbons (Fsp3) is 0.222. The van der Waals surface area contributed by atoms with E-state index in [1.54, 1.807) is 23.9 Å². The first-order valence-corrected chi connectivity index (χ1v) is 12.0. The van der Waals surface area contributed by atoms with Crippen molar-refractivity contribution in [2.45, 2.75) is 19.9 Å². The maximum atomic E-state index is 11.5. The van der Waals surface area contributed by atoms with Gasteiger partial charge >= 0.3 is 0 Å². The first-order valence-electron chi connectivity index (χ1n) is 10.8. The Labute approximate surface area is 195 Å². The van der Waals surface area contributed by atoms with Gasteiger partial charge in [0.25, 0.3) is 0 Å². The van der Waals surface area contributed by atoms with E-state index in [0.717, 1.165) is 48.3 Å². The molecule has 0 saturated carbocycles. The van der Waals surface area contributed by atoms with E-state index in [1.807, 2.05) is 24.6 Å². The number of benzene rings is 3. The van der Waals surface area contributed by atoms with E-state index in [-0.39, 0.29) is 0 Å². The predicted octanol–water partition coefficient (Wildman–Crippen LogP) is 5.73. The van der Waals surface area contributed by atoms with Crippen molar-refractivity contribution in [3.63, 3.8) is 0 Å². The lowest BCUT2D eigenvalue weighted by Crippen LogP contribution is -2.19. The van der Waals surface area contributed by atoms with Gasteiger partial charge in [-0.1, -0.05) is 66.5 Å². The lowest BCUT2D eigenvalue weighted by atomic mass is 9.93. The zero-order chi connectivity index (χ0) is 22.5. The van der Waals surface area contributed by atoms with E-state index < -0.39 is 0 Å². The molecule has 0 aromatic heterocycles. The van der Waals surface area contributed by atoms with Crippen molar-refractivity contribution in [3.8, 4) is 0 Å². The highest BCUT2D eigenvalue weighted by Crippen LogP contribution is 2.40. The summed E-state index contributed by atoms with van der Waals surface area (Å²) in [5.41, 5.74) is 9.51. The normalized spacial score (nSPS) is 13.1. The third-order valence-electron chi connectivity index (χ3n) is 5.87. The van der Waals surface area contributed by atoms with E-state index in [2.05, 4.69) is 71.1 Å². The second kappa shape index (κ2) is 9.96. The van der Waals surface area contributed by atoms with Crippen molar-refractivity contribution < 1.29 is 4.79 Å². The molecule has 0 saturated heterocycles. The minimum atomic E-state index is 0.842. The van der Waals surface area contributed by atoms with E-state index in [0.29, 0.717) is 0 Å². The highest BCUT2D eigenvalue weighted by molar-refractivity contribution is 7.99. The molecular weight excluding hydrogens is 414 g/mol. The number of nitrogens with zero attached hydrogens (tertiary/aromatic N) is 2. The number of carbonyl (C=O) groups is 1. The molecule has 0 spiro atoms. The minimum Gasteiger partial charge on any atom is -0.367 e. The summed E-state index contributed by atoms with van der Waals surface area (Å²) in [7, 11) is 1.78. The fourth-order valence-corrected chi connectivity index (χ4v) is 4.70. The lowest BCUT2D eigenvalue weighted by Gasteiger charge is -2.23. The van der Waals surface area contributed by atoms with E-state index >= 15 is 0 Å². The highest BCUT2D eigenvalue weighted by atomic mass is 32.2. The van der Waals surface area contributed by atoms with Crippen LogP contribution in [0.1, 0.15) is 27.8 Å². The molecule has 0 atom stereocenters. The van der Waals surface area contributed by atoms with Gasteiger partial charge < -0.3 is 14.5 Å². The lowest BCUT2D eigenvalue weighted by molar-refractivity contribution is -0.114. The number of hydrogen-bond acceptors (Lipinski definition) is 4. The maximum Gasteiger partial charge on any atom is 0.213 e. The Morgan fingerprint density at radius 2 is 1.88 bits per heavy atom. The average molecular weight is 444 g/mol. The van der Waals surface area contributed by atoms with Gasteiger partial charge in [-0.2, -0.15) is 0 Å². The van der Waals surface area contributed by atoms with Crippen LogP contribution in [-0.4, -0.2) is 31.2 Å². The molecule has 32 heavy (non-hydrogen) atoms. The number of amides is 1. The average Bonchev–Trinajstić information content (AvgIpc) is 3.21. The summed E-state index contributed by atoms with van der Waals surface area (Å²) in [4.78, 5) is 15.5. The Bertz CT molecular complexity index is 1130. The van der Waals surface area contributed by atoms with Gasteiger partial charge in [-0.3, -0.25) is 4.79 Å². The largest absolute Gasteiger partial charge is 0.367 e. The molecule has 1 heterocycles. The summed E-state index contributed by atoms with van der Waals surface area (Å²) >= 11 is 1.61. The summed E-state index contributed by atoms with van der Waals surface area (Å²) in [6, 6.07) is 23.4. The third kappa shape index (κ3) is 4.68. The fourth-order valence-electron chi connectivity index (χ4n) is 4.30. The number of hydrogen-bond donors (Lipinski definition) is 1. The van der Waals surface area contributed by atoms with Crippen LogP contribution in [0.25, 0.3) is 5.57 Å². The van der Waals surface area contributed by atoms with Gasteiger partial charge in [0, 0.05) is 55.1 Å². The van der Waals surface area contributed by atoms with E-state index in [9.17, 15) is 4.79 Å². The molecule has 0 bridgehead atoms. The van der Waals surface area contributed by atoms with Gasteiger partial charge in [0.2, 0.25) is 6.41 Å². The first-order chi connectivity index (χ1) is 15.6. The van der Waals surface area contributed by atoms with Crippen LogP contribution < -0.4 is 9.62 Å². The van der Waals surface area contributed by atoms with Crippen LogP contribution in [-0.2, 0) is 17.8 Å². The Hall–Kier alpha value is -3.18. The van der Waals surface area contributed by atoms with Crippen LogP contribution in [0, 0.1) is 6.92 Å². The van der Waals surface area contributed by atoms with Crippen LogP contribution in [0.3, 0.4) is 0 Å². The molecular formula is C27H29N3OS. The van der Waals surface area contributed by atoms with Gasteiger partial charge in [-0.25, -0.2) is 0 Å². The summed E-state index contributed by atoms with van der Waals surface area (Å²) < 4.78 is 3.50. The van der Waals surface area contributed by atoms with Crippen molar-refractivity contribution >= 4 is 35.3 Å². The number of rotatable bonds is 8. The monoisotopic (exact) mass is 443 g/mol. The molecule has 1 amide bonds. The maximum absolute atomic E-state index is 11.5. The highest BCUT2D eigenvalue weighted by Gasteiger charge is 2.24. The summed E-state index contributed by atoms with van der Waals surface area (Å²) in [5, 5.41) is 0. The second-order valence-corrected chi connectivity index (χ2v) is 8.73. The molecule has 1 N–H and O–H groups in total. The predicted molar refractivity (Wildman–Crippen MR) is 137 cm³/mol. The molecule has 0 unspecified atom stereocenters. The number of aryl methyl sites for hydroxylation is 1. The number of carbonyl (C=O) groups excluding carboxylic acids is 1. The number of fused-ring (bicyclic) bond motifs is 1. The van der Waals surface area contributed by atoms with Crippen molar-refractivity contribution in [3.05, 3.63) is 101 Å². The molecule has 4 nitrogen and oxygen atoms in total. The number of anilines is 2. The van der Waals surface area contributed by atoms with Crippen molar-refractivity contribution in [2.75, 3.05) is 29.5 Å². The number of nitrogens with one attached hydrogen (secondary N) is 1. The molecule has 3 aromatic carbocycles. The van der Waals surface area contributed by atoms with Gasteiger partial charge in [-0.05, 0) is 47.7 Å². The Morgan fingerprint density at radius 1 is 1.12 bits per heavy atom.